The van der Waals surface area contributed by atoms with Gasteiger partial charge in [0.2, 0.25) is 0 Å². The van der Waals surface area contributed by atoms with Crippen molar-refractivity contribution in [2.45, 2.75) is 0 Å². The molecule has 0 saturated carbocycles. The molecule has 0 aliphatic rings. The third kappa shape index (κ3) is 3.86. The molecule has 3 heteroatoms. The summed E-state index contributed by atoms with van der Waals surface area (Å²) < 4.78 is 0. The zero-order valence-corrected chi connectivity index (χ0v) is 8.58. The van der Waals surface area contributed by atoms with Crippen LogP contribution in [0.25, 0.3) is 0 Å². The summed E-state index contributed by atoms with van der Waals surface area (Å²) in [6.45, 7) is 0. The molecule has 1 radical (unpaired) electrons. The average Bonchev–Trinajstić information content (AvgIpc) is 1.90. The Balaban J connectivity index is 0. The first-order chi connectivity index (χ1) is 3.93. The predicted molar refractivity (Wildman–Crippen MR) is 37.1 cm³/mol. The molecule has 0 fully saturated rings. The van der Waals surface area contributed by atoms with Gasteiger partial charge in [0, 0.05) is 32.7 Å². The van der Waals surface area contributed by atoms with E-state index in [0.29, 0.717) is 5.69 Å². The Bertz CT molecular complexity index is 176. The first kappa shape index (κ1) is 12.6. The first-order valence-electron chi connectivity index (χ1n) is 2.23. The van der Waals surface area contributed by atoms with E-state index in [-0.39, 0.29) is 40.1 Å². The van der Waals surface area contributed by atoms with Crippen LogP contribution < -0.4 is 0 Å². The molecule has 1 aromatic carbocycles. The van der Waals surface area contributed by atoms with Crippen molar-refractivity contribution in [2.75, 3.05) is 0 Å². The van der Waals surface area contributed by atoms with Crippen molar-refractivity contribution in [2.24, 2.45) is 5.18 Å². The molecule has 0 N–H and O–H groups in total. The van der Waals surface area contributed by atoms with Gasteiger partial charge in [0.1, 0.15) is 0 Å². The second kappa shape index (κ2) is 7.04. The van der Waals surface area contributed by atoms with Crippen LogP contribution in [-0.2, 0) is 32.7 Å². The normalized spacial score (nSPS) is 6.80. The van der Waals surface area contributed by atoms with E-state index in [1.807, 2.05) is 0 Å². The molecule has 51 valence electrons. The van der Waals surface area contributed by atoms with Crippen LogP contribution in [0.1, 0.15) is 0 Å². The molecule has 1 rings (SSSR count). The molecule has 0 amide bonds. The molecule has 0 spiro atoms. The minimum absolute atomic E-state index is 0. The summed E-state index contributed by atoms with van der Waals surface area (Å²) in [7, 11) is 0. The molecule has 10 heavy (non-hydrogen) atoms. The number of rotatable bonds is 1. The molecule has 0 atom stereocenters. The zero-order chi connectivity index (χ0) is 5.82. The van der Waals surface area contributed by atoms with Gasteiger partial charge in [-0.25, -0.2) is 0 Å². The van der Waals surface area contributed by atoms with E-state index < -0.39 is 0 Å². The summed E-state index contributed by atoms with van der Waals surface area (Å²) in [4.78, 5) is 9.74. The van der Waals surface area contributed by atoms with Crippen LogP contribution in [0.15, 0.2) is 29.4 Å². The standard InChI is InChI=1S/C6H4NO.CH3.Y/c8-7-6-4-2-1-3-5-6;;/h2-5H;1H3;/q2*-1;. The van der Waals surface area contributed by atoms with Crippen LogP contribution in [0.3, 0.4) is 0 Å². The van der Waals surface area contributed by atoms with Crippen molar-refractivity contribution in [1.29, 1.82) is 0 Å². The molecular weight excluding hydrogens is 203 g/mol. The zero-order valence-electron chi connectivity index (χ0n) is 5.74. The maximum Gasteiger partial charge on any atom is 0 e. The summed E-state index contributed by atoms with van der Waals surface area (Å²) >= 11 is 0. The fourth-order valence-corrected chi connectivity index (χ4v) is 0.439. The van der Waals surface area contributed by atoms with E-state index in [1.165, 1.54) is 0 Å². The predicted octanol–water partition coefficient (Wildman–Crippen LogP) is 2.33. The van der Waals surface area contributed by atoms with Crippen molar-refractivity contribution in [3.63, 3.8) is 0 Å². The first-order valence-corrected chi connectivity index (χ1v) is 2.23. The molecule has 0 aliphatic heterocycles. The smallest absolute Gasteiger partial charge is 0 e. The number of benzene rings is 1. The molecular formula is C7H7NOY-2. The Labute approximate surface area is 85.9 Å². The van der Waals surface area contributed by atoms with Crippen molar-refractivity contribution < 1.29 is 32.7 Å². The molecule has 0 aromatic heterocycles. The molecule has 0 bridgehead atoms. The van der Waals surface area contributed by atoms with Crippen molar-refractivity contribution in [1.82, 2.24) is 0 Å². The Morgan fingerprint density at radius 1 is 1.30 bits per heavy atom. The third-order valence-electron chi connectivity index (χ3n) is 0.806. The second-order valence-electron chi connectivity index (χ2n) is 1.35. The Morgan fingerprint density at radius 2 is 1.80 bits per heavy atom. The maximum absolute atomic E-state index is 9.74. The molecule has 1 aromatic rings. The van der Waals surface area contributed by atoms with E-state index in [2.05, 4.69) is 11.2 Å². The van der Waals surface area contributed by atoms with Crippen LogP contribution in [-0.4, -0.2) is 0 Å². The summed E-state index contributed by atoms with van der Waals surface area (Å²) in [5.41, 5.74) is 0.448. The van der Waals surface area contributed by atoms with Gasteiger partial charge in [-0.15, -0.1) is 17.0 Å². The average molecular weight is 210 g/mol. The molecule has 0 saturated heterocycles. The van der Waals surface area contributed by atoms with E-state index >= 15 is 0 Å². The molecule has 0 heterocycles. The molecule has 0 unspecified atom stereocenters. The number of nitrogens with zero attached hydrogens (tertiary/aromatic N) is 1. The molecule has 2 nitrogen and oxygen atoms in total. The SMILES string of the molecule is O=Nc1cc[c-]cc1.[CH3-].[Y]. The third-order valence-corrected chi connectivity index (χ3v) is 0.806. The minimum Gasteiger partial charge on any atom is -0.358 e. The van der Waals surface area contributed by atoms with Crippen molar-refractivity contribution in [3.8, 4) is 0 Å². The van der Waals surface area contributed by atoms with Crippen LogP contribution in [0.2, 0.25) is 0 Å². The quantitative estimate of drug-likeness (QED) is 0.516. The maximum atomic E-state index is 9.74. The van der Waals surface area contributed by atoms with Gasteiger partial charge >= 0.3 is 0 Å². The monoisotopic (exact) mass is 210 g/mol. The fourth-order valence-electron chi connectivity index (χ4n) is 0.439. The van der Waals surface area contributed by atoms with Crippen LogP contribution in [0, 0.1) is 18.4 Å². The minimum atomic E-state index is 0. The van der Waals surface area contributed by atoms with E-state index in [1.54, 1.807) is 24.3 Å². The Morgan fingerprint density at radius 3 is 2.10 bits per heavy atom. The van der Waals surface area contributed by atoms with Crippen LogP contribution in [0.4, 0.5) is 5.69 Å². The summed E-state index contributed by atoms with van der Waals surface area (Å²) in [5.74, 6) is 0. The Hall–Kier alpha value is -0.0761. The van der Waals surface area contributed by atoms with E-state index in [4.69, 9.17) is 0 Å². The second-order valence-corrected chi connectivity index (χ2v) is 1.35. The number of nitroso groups, excluding NO2 is 1. The summed E-state index contributed by atoms with van der Waals surface area (Å²) in [6, 6.07) is 9.28. The van der Waals surface area contributed by atoms with Gasteiger partial charge in [0.15, 0.2) is 0 Å². The number of hydrogen-bond donors (Lipinski definition) is 0. The van der Waals surface area contributed by atoms with Crippen molar-refractivity contribution >= 4 is 5.69 Å². The van der Waals surface area contributed by atoms with Gasteiger partial charge in [-0.05, 0) is 5.69 Å². The number of hydrogen-bond acceptors (Lipinski definition) is 2. The van der Waals surface area contributed by atoms with Gasteiger partial charge in [-0.2, -0.15) is 18.2 Å². The van der Waals surface area contributed by atoms with Gasteiger partial charge in [-0.3, -0.25) is 0 Å². The fraction of sp³-hybridized carbons (Fsp3) is 0. The largest absolute Gasteiger partial charge is 0.358 e. The summed E-state index contributed by atoms with van der Waals surface area (Å²) in [5, 5.41) is 2.70. The van der Waals surface area contributed by atoms with Crippen LogP contribution >= 0.6 is 0 Å². The van der Waals surface area contributed by atoms with Gasteiger partial charge in [0.25, 0.3) is 0 Å². The van der Waals surface area contributed by atoms with Gasteiger partial charge < -0.3 is 7.43 Å². The van der Waals surface area contributed by atoms with Gasteiger partial charge in [-0.1, -0.05) is 5.18 Å². The van der Waals surface area contributed by atoms with Crippen molar-refractivity contribution in [3.05, 3.63) is 42.7 Å². The van der Waals surface area contributed by atoms with Crippen LogP contribution in [0.5, 0.6) is 0 Å². The Kier molecular flexibility index (Phi) is 8.86. The summed E-state index contributed by atoms with van der Waals surface area (Å²) in [6.07, 6.45) is 0. The van der Waals surface area contributed by atoms with E-state index in [0.717, 1.165) is 0 Å². The molecule has 0 aliphatic carbocycles. The van der Waals surface area contributed by atoms with Gasteiger partial charge in [0.05, 0.1) is 0 Å². The van der Waals surface area contributed by atoms with E-state index in [9.17, 15) is 4.91 Å². The topological polar surface area (TPSA) is 29.4 Å².